The van der Waals surface area contributed by atoms with E-state index in [9.17, 15) is 0 Å². The highest BCUT2D eigenvalue weighted by Crippen LogP contribution is 2.39. The van der Waals surface area contributed by atoms with Gasteiger partial charge in [-0.2, -0.15) is 0 Å². The molecule has 128 valence electrons. The smallest absolute Gasteiger partial charge is 0.0988 e. The fourth-order valence-electron chi connectivity index (χ4n) is 2.74. The molecule has 0 atom stereocenters. The molecule has 0 saturated carbocycles. The first-order valence-corrected chi connectivity index (χ1v) is 9.22. The summed E-state index contributed by atoms with van der Waals surface area (Å²) in [5.41, 5.74) is 4.26. The minimum Gasteiger partial charge on any atom is -0.244 e. The summed E-state index contributed by atoms with van der Waals surface area (Å²) >= 11 is 25.0. The van der Waals surface area contributed by atoms with Crippen LogP contribution in [0.1, 0.15) is 0 Å². The van der Waals surface area contributed by atoms with E-state index in [1.807, 2.05) is 36.4 Å². The summed E-state index contributed by atoms with van der Waals surface area (Å²) in [4.78, 5) is 9.59. The van der Waals surface area contributed by atoms with Gasteiger partial charge in [0.05, 0.1) is 32.5 Å². The number of aromatic nitrogens is 2. The largest absolute Gasteiger partial charge is 0.244 e. The average Bonchev–Trinajstić information content (AvgIpc) is 2.61. The van der Waals surface area contributed by atoms with Crippen LogP contribution < -0.4 is 0 Å². The highest BCUT2D eigenvalue weighted by molar-refractivity contribution is 6.37. The highest BCUT2D eigenvalue weighted by atomic mass is 35.5. The quantitative estimate of drug-likeness (QED) is 0.334. The molecular weight excluding hydrogens is 410 g/mol. The summed E-state index contributed by atoms with van der Waals surface area (Å²) in [5, 5.41) is 2.10. The van der Waals surface area contributed by atoms with Gasteiger partial charge in [-0.05, 0) is 48.5 Å². The first-order valence-electron chi connectivity index (χ1n) is 7.70. The Morgan fingerprint density at radius 1 is 0.538 bits per heavy atom. The van der Waals surface area contributed by atoms with Gasteiger partial charge in [-0.25, -0.2) is 9.97 Å². The third-order valence-corrected chi connectivity index (χ3v) is 5.04. The van der Waals surface area contributed by atoms with Crippen LogP contribution in [0.15, 0.2) is 60.7 Å². The fourth-order valence-corrected chi connectivity index (χ4v) is 3.73. The molecule has 1 heterocycles. The molecular formula is C20H10Cl4N2. The van der Waals surface area contributed by atoms with E-state index >= 15 is 0 Å². The molecule has 0 spiro atoms. The number of hydrogen-bond acceptors (Lipinski definition) is 2. The van der Waals surface area contributed by atoms with Crippen molar-refractivity contribution in [2.24, 2.45) is 0 Å². The first kappa shape index (κ1) is 17.6. The SMILES string of the molecule is Clc1ccc(-c2nc3ccccc3nc2-c2ccc(Cl)cc2Cl)c(Cl)c1. The fraction of sp³-hybridized carbons (Fsp3) is 0. The number of benzene rings is 3. The van der Waals surface area contributed by atoms with Crippen molar-refractivity contribution in [3.05, 3.63) is 80.8 Å². The van der Waals surface area contributed by atoms with E-state index in [0.29, 0.717) is 31.5 Å². The summed E-state index contributed by atoms with van der Waals surface area (Å²) in [7, 11) is 0. The second kappa shape index (κ2) is 7.05. The third kappa shape index (κ3) is 3.26. The molecule has 0 radical (unpaired) electrons. The second-order valence-electron chi connectivity index (χ2n) is 5.66. The summed E-state index contributed by atoms with van der Waals surface area (Å²) in [6.07, 6.45) is 0. The Kier molecular flexibility index (Phi) is 4.76. The molecule has 0 amide bonds. The average molecular weight is 420 g/mol. The van der Waals surface area contributed by atoms with Crippen molar-refractivity contribution in [2.45, 2.75) is 0 Å². The molecule has 26 heavy (non-hydrogen) atoms. The van der Waals surface area contributed by atoms with Gasteiger partial charge in [-0.15, -0.1) is 0 Å². The van der Waals surface area contributed by atoms with E-state index in [4.69, 9.17) is 56.4 Å². The van der Waals surface area contributed by atoms with Gasteiger partial charge in [0, 0.05) is 21.2 Å². The van der Waals surface area contributed by atoms with Crippen molar-refractivity contribution in [1.82, 2.24) is 9.97 Å². The van der Waals surface area contributed by atoms with E-state index in [2.05, 4.69) is 0 Å². The van der Waals surface area contributed by atoms with Crippen LogP contribution in [0.2, 0.25) is 20.1 Å². The topological polar surface area (TPSA) is 25.8 Å². The number of nitrogens with zero attached hydrogens (tertiary/aromatic N) is 2. The van der Waals surface area contributed by atoms with Crippen LogP contribution in [0, 0.1) is 0 Å². The lowest BCUT2D eigenvalue weighted by Gasteiger charge is -2.13. The summed E-state index contributed by atoms with van der Waals surface area (Å²) in [6.45, 7) is 0. The highest BCUT2D eigenvalue weighted by Gasteiger charge is 2.18. The Labute approximate surface area is 170 Å². The molecule has 3 aromatic carbocycles. The number of hydrogen-bond donors (Lipinski definition) is 0. The van der Waals surface area contributed by atoms with Gasteiger partial charge in [0.25, 0.3) is 0 Å². The maximum atomic E-state index is 6.43. The Balaban J connectivity index is 2.07. The van der Waals surface area contributed by atoms with Crippen LogP contribution in [0.3, 0.4) is 0 Å². The van der Waals surface area contributed by atoms with Crippen molar-refractivity contribution in [2.75, 3.05) is 0 Å². The predicted octanol–water partition coefficient (Wildman–Crippen LogP) is 7.58. The molecule has 0 N–H and O–H groups in total. The zero-order valence-corrected chi connectivity index (χ0v) is 16.2. The van der Waals surface area contributed by atoms with Crippen LogP contribution in [0.5, 0.6) is 0 Å². The van der Waals surface area contributed by atoms with Gasteiger partial charge in [0.15, 0.2) is 0 Å². The molecule has 0 bridgehead atoms. The minimum atomic E-state index is 0.494. The van der Waals surface area contributed by atoms with Gasteiger partial charge in [-0.3, -0.25) is 0 Å². The van der Waals surface area contributed by atoms with Crippen molar-refractivity contribution in [3.63, 3.8) is 0 Å². The maximum Gasteiger partial charge on any atom is 0.0988 e. The first-order chi connectivity index (χ1) is 12.5. The van der Waals surface area contributed by atoms with Gasteiger partial charge in [-0.1, -0.05) is 58.5 Å². The Morgan fingerprint density at radius 3 is 1.35 bits per heavy atom. The molecule has 0 saturated heterocycles. The van der Waals surface area contributed by atoms with Crippen LogP contribution in [-0.2, 0) is 0 Å². The summed E-state index contributed by atoms with van der Waals surface area (Å²) in [5.74, 6) is 0. The van der Waals surface area contributed by atoms with Crippen molar-refractivity contribution < 1.29 is 0 Å². The number of fused-ring (bicyclic) bond motifs is 1. The molecule has 0 aliphatic carbocycles. The lowest BCUT2D eigenvalue weighted by atomic mass is 10.0. The lowest BCUT2D eigenvalue weighted by molar-refractivity contribution is 1.29. The molecule has 4 aromatic rings. The van der Waals surface area contributed by atoms with Gasteiger partial charge >= 0.3 is 0 Å². The van der Waals surface area contributed by atoms with E-state index in [-0.39, 0.29) is 0 Å². The number of halogens is 4. The Morgan fingerprint density at radius 2 is 0.962 bits per heavy atom. The van der Waals surface area contributed by atoms with Crippen LogP contribution >= 0.6 is 46.4 Å². The van der Waals surface area contributed by atoms with Crippen molar-refractivity contribution >= 4 is 57.4 Å². The summed E-state index contributed by atoms with van der Waals surface area (Å²) in [6, 6.07) is 18.2. The predicted molar refractivity (Wildman–Crippen MR) is 110 cm³/mol. The van der Waals surface area contributed by atoms with Gasteiger partial charge in [0.1, 0.15) is 0 Å². The Bertz CT molecular complexity index is 1050. The zero-order chi connectivity index (χ0) is 18.3. The van der Waals surface area contributed by atoms with Crippen LogP contribution in [0.4, 0.5) is 0 Å². The van der Waals surface area contributed by atoms with Gasteiger partial charge in [0.2, 0.25) is 0 Å². The third-order valence-electron chi connectivity index (χ3n) is 3.94. The number of rotatable bonds is 2. The normalized spacial score (nSPS) is 11.1. The number of para-hydroxylation sites is 2. The standard InChI is InChI=1S/C20H10Cl4N2/c21-11-5-7-13(15(23)9-11)19-20(14-8-6-12(22)10-16(14)24)26-18-4-2-1-3-17(18)25-19/h1-10H. The monoisotopic (exact) mass is 418 g/mol. The minimum absolute atomic E-state index is 0.494. The maximum absolute atomic E-state index is 6.43. The van der Waals surface area contributed by atoms with Crippen molar-refractivity contribution in [3.8, 4) is 22.5 Å². The van der Waals surface area contributed by atoms with E-state index in [1.165, 1.54) is 0 Å². The molecule has 6 heteroatoms. The van der Waals surface area contributed by atoms with Gasteiger partial charge < -0.3 is 0 Å². The molecule has 0 aliphatic rings. The van der Waals surface area contributed by atoms with E-state index < -0.39 is 0 Å². The zero-order valence-electron chi connectivity index (χ0n) is 13.2. The lowest BCUT2D eigenvalue weighted by Crippen LogP contribution is -1.96. The van der Waals surface area contributed by atoms with E-state index in [1.54, 1.807) is 24.3 Å². The molecule has 0 unspecified atom stereocenters. The van der Waals surface area contributed by atoms with Crippen molar-refractivity contribution in [1.29, 1.82) is 0 Å². The molecule has 4 rings (SSSR count). The van der Waals surface area contributed by atoms with Crippen LogP contribution in [0.25, 0.3) is 33.5 Å². The summed E-state index contributed by atoms with van der Waals surface area (Å²) < 4.78 is 0. The Hall–Kier alpha value is -1.84. The second-order valence-corrected chi connectivity index (χ2v) is 7.35. The van der Waals surface area contributed by atoms with Crippen LogP contribution in [-0.4, -0.2) is 9.97 Å². The van der Waals surface area contributed by atoms with E-state index in [0.717, 1.165) is 22.2 Å². The molecule has 2 nitrogen and oxygen atoms in total. The molecule has 0 fully saturated rings. The molecule has 1 aromatic heterocycles. The molecule has 0 aliphatic heterocycles.